The molecule has 2 rings (SSSR count). The smallest absolute Gasteiger partial charge is 0.328 e. The van der Waals surface area contributed by atoms with E-state index in [4.69, 9.17) is 5.11 Å². The van der Waals surface area contributed by atoms with Gasteiger partial charge in [0.1, 0.15) is 5.01 Å². The molecule has 3 nitrogen and oxygen atoms in total. The third-order valence-electron chi connectivity index (χ3n) is 2.55. The van der Waals surface area contributed by atoms with Crippen molar-refractivity contribution in [3.63, 3.8) is 0 Å². The second-order valence-corrected chi connectivity index (χ2v) is 4.68. The van der Waals surface area contributed by atoms with Gasteiger partial charge in [-0.1, -0.05) is 31.2 Å². The maximum atomic E-state index is 10.4. The molecule has 2 aromatic rings. The van der Waals surface area contributed by atoms with E-state index in [1.54, 1.807) is 0 Å². The van der Waals surface area contributed by atoms with Gasteiger partial charge in [0.2, 0.25) is 0 Å². The number of carboxylic acid groups (broad SMARTS) is 1. The van der Waals surface area contributed by atoms with Crippen LogP contribution in [0.15, 0.2) is 35.7 Å². The number of aryl methyl sites for hydroxylation is 1. The predicted octanol–water partition coefficient (Wildman–Crippen LogP) is 3.47. The molecule has 0 saturated carbocycles. The molecule has 0 fully saturated rings. The maximum Gasteiger partial charge on any atom is 0.328 e. The fourth-order valence-electron chi connectivity index (χ4n) is 1.55. The van der Waals surface area contributed by atoms with Crippen molar-refractivity contribution in [2.75, 3.05) is 0 Å². The van der Waals surface area contributed by atoms with E-state index in [9.17, 15) is 4.79 Å². The Hall–Kier alpha value is -1.94. The van der Waals surface area contributed by atoms with Crippen LogP contribution in [0.3, 0.4) is 0 Å². The molecule has 1 aromatic carbocycles. The van der Waals surface area contributed by atoms with Crippen LogP contribution >= 0.6 is 11.3 Å². The lowest BCUT2D eigenvalue weighted by atomic mass is 10.1. The minimum atomic E-state index is -0.959. The van der Waals surface area contributed by atoms with Crippen LogP contribution in [-0.2, 0) is 11.2 Å². The van der Waals surface area contributed by atoms with Crippen molar-refractivity contribution in [1.82, 2.24) is 4.98 Å². The van der Waals surface area contributed by atoms with Gasteiger partial charge in [-0.2, -0.15) is 0 Å². The molecule has 1 aromatic heterocycles. The first-order valence-corrected chi connectivity index (χ1v) is 6.53. The van der Waals surface area contributed by atoms with E-state index >= 15 is 0 Å². The number of aromatic nitrogens is 1. The highest BCUT2D eigenvalue weighted by atomic mass is 32.1. The molecule has 0 aliphatic heterocycles. The normalized spacial score (nSPS) is 10.9. The SMILES string of the molecule is CCc1ccc(-c2csc(/C=C/C(=O)O)n2)cc1. The summed E-state index contributed by atoms with van der Waals surface area (Å²) in [5.74, 6) is -0.959. The van der Waals surface area contributed by atoms with Gasteiger partial charge in [-0.05, 0) is 18.1 Å². The molecule has 1 N–H and O–H groups in total. The zero-order valence-electron chi connectivity index (χ0n) is 9.96. The summed E-state index contributed by atoms with van der Waals surface area (Å²) in [6, 6.07) is 8.25. The lowest BCUT2D eigenvalue weighted by molar-refractivity contribution is -0.131. The van der Waals surface area contributed by atoms with E-state index < -0.39 is 5.97 Å². The van der Waals surface area contributed by atoms with E-state index in [-0.39, 0.29) is 0 Å². The summed E-state index contributed by atoms with van der Waals surface area (Å²) in [5, 5.41) is 11.2. The van der Waals surface area contributed by atoms with Crippen LogP contribution in [0.1, 0.15) is 17.5 Å². The van der Waals surface area contributed by atoms with E-state index in [1.807, 2.05) is 17.5 Å². The molecule has 0 unspecified atom stereocenters. The number of nitrogens with zero attached hydrogens (tertiary/aromatic N) is 1. The van der Waals surface area contributed by atoms with Crippen molar-refractivity contribution in [2.45, 2.75) is 13.3 Å². The van der Waals surface area contributed by atoms with E-state index in [0.29, 0.717) is 5.01 Å². The minimum absolute atomic E-state index is 0.701. The summed E-state index contributed by atoms with van der Waals surface area (Å²) >= 11 is 1.44. The van der Waals surface area contributed by atoms with Crippen molar-refractivity contribution in [2.24, 2.45) is 0 Å². The molecule has 0 atom stereocenters. The van der Waals surface area contributed by atoms with Crippen LogP contribution in [0.4, 0.5) is 0 Å². The van der Waals surface area contributed by atoms with Crippen LogP contribution < -0.4 is 0 Å². The first-order valence-electron chi connectivity index (χ1n) is 5.65. The summed E-state index contributed by atoms with van der Waals surface area (Å²) in [4.78, 5) is 14.8. The molecule has 4 heteroatoms. The summed E-state index contributed by atoms with van der Waals surface area (Å²) in [7, 11) is 0. The number of benzene rings is 1. The van der Waals surface area contributed by atoms with Gasteiger partial charge in [-0.3, -0.25) is 0 Å². The van der Waals surface area contributed by atoms with E-state index in [0.717, 1.165) is 23.8 Å². The lowest BCUT2D eigenvalue weighted by Gasteiger charge is -1.98. The molecule has 18 heavy (non-hydrogen) atoms. The molecule has 92 valence electrons. The van der Waals surface area contributed by atoms with Crippen LogP contribution in [0.2, 0.25) is 0 Å². The van der Waals surface area contributed by atoms with Crippen molar-refractivity contribution in [1.29, 1.82) is 0 Å². The largest absolute Gasteiger partial charge is 0.478 e. The minimum Gasteiger partial charge on any atom is -0.478 e. The number of hydrogen-bond acceptors (Lipinski definition) is 3. The second kappa shape index (κ2) is 5.60. The number of aliphatic carboxylic acids is 1. The Morgan fingerprint density at radius 2 is 2.11 bits per heavy atom. The topological polar surface area (TPSA) is 50.2 Å². The van der Waals surface area contributed by atoms with Crippen molar-refractivity contribution in [3.8, 4) is 11.3 Å². The van der Waals surface area contributed by atoms with Crippen molar-refractivity contribution >= 4 is 23.4 Å². The zero-order valence-corrected chi connectivity index (χ0v) is 10.8. The predicted molar refractivity (Wildman–Crippen MR) is 73.6 cm³/mol. The summed E-state index contributed by atoms with van der Waals surface area (Å²) in [6.07, 6.45) is 3.63. The monoisotopic (exact) mass is 259 g/mol. The highest BCUT2D eigenvalue weighted by Crippen LogP contribution is 2.23. The van der Waals surface area contributed by atoms with Gasteiger partial charge in [0.15, 0.2) is 0 Å². The highest BCUT2D eigenvalue weighted by molar-refractivity contribution is 7.10. The molecule has 0 aliphatic carbocycles. The number of carbonyl (C=O) groups is 1. The highest BCUT2D eigenvalue weighted by Gasteiger charge is 2.02. The van der Waals surface area contributed by atoms with Crippen LogP contribution in [-0.4, -0.2) is 16.1 Å². The fourth-order valence-corrected chi connectivity index (χ4v) is 2.27. The Labute approximate surface area is 109 Å². The van der Waals surface area contributed by atoms with Gasteiger partial charge in [0.05, 0.1) is 5.69 Å². The number of rotatable bonds is 4. The molecule has 1 heterocycles. The third-order valence-corrected chi connectivity index (χ3v) is 3.36. The van der Waals surface area contributed by atoms with Crippen molar-refractivity contribution in [3.05, 3.63) is 46.3 Å². The molecule has 0 aliphatic rings. The first-order chi connectivity index (χ1) is 8.69. The summed E-state index contributed by atoms with van der Waals surface area (Å²) in [6.45, 7) is 2.12. The molecular formula is C14H13NO2S. The molecular weight excluding hydrogens is 246 g/mol. The second-order valence-electron chi connectivity index (χ2n) is 3.79. The first kappa shape index (κ1) is 12.5. The Kier molecular flexibility index (Phi) is 3.89. The standard InChI is InChI=1S/C14H13NO2S/c1-2-10-3-5-11(6-4-10)12-9-18-13(15-12)7-8-14(16)17/h3-9H,2H2,1H3,(H,16,17)/b8-7+. The maximum absolute atomic E-state index is 10.4. The Morgan fingerprint density at radius 3 is 2.72 bits per heavy atom. The average Bonchev–Trinajstić information content (AvgIpc) is 2.85. The molecule has 0 radical (unpaired) electrons. The van der Waals surface area contributed by atoms with Gasteiger partial charge in [0.25, 0.3) is 0 Å². The van der Waals surface area contributed by atoms with Gasteiger partial charge in [-0.15, -0.1) is 11.3 Å². The van der Waals surface area contributed by atoms with Gasteiger partial charge in [0, 0.05) is 17.0 Å². The number of thiazole rings is 1. The van der Waals surface area contributed by atoms with Gasteiger partial charge < -0.3 is 5.11 Å². The van der Waals surface area contributed by atoms with Gasteiger partial charge >= 0.3 is 5.97 Å². The Morgan fingerprint density at radius 1 is 1.39 bits per heavy atom. The Bertz CT molecular complexity index is 570. The fraction of sp³-hybridized carbons (Fsp3) is 0.143. The Balaban J connectivity index is 2.20. The molecule has 0 bridgehead atoms. The third kappa shape index (κ3) is 3.05. The van der Waals surface area contributed by atoms with Crippen LogP contribution in [0.25, 0.3) is 17.3 Å². The number of carboxylic acids is 1. The average molecular weight is 259 g/mol. The van der Waals surface area contributed by atoms with Gasteiger partial charge in [-0.25, -0.2) is 9.78 Å². The van der Waals surface area contributed by atoms with E-state index in [2.05, 4.69) is 24.0 Å². The van der Waals surface area contributed by atoms with Crippen LogP contribution in [0.5, 0.6) is 0 Å². The van der Waals surface area contributed by atoms with Crippen molar-refractivity contribution < 1.29 is 9.90 Å². The summed E-state index contributed by atoms with van der Waals surface area (Å²) < 4.78 is 0. The lowest BCUT2D eigenvalue weighted by Crippen LogP contribution is -1.85. The van der Waals surface area contributed by atoms with E-state index in [1.165, 1.54) is 23.0 Å². The quantitative estimate of drug-likeness (QED) is 0.855. The molecule has 0 amide bonds. The molecule has 0 spiro atoms. The summed E-state index contributed by atoms with van der Waals surface area (Å²) in [5.41, 5.74) is 3.23. The zero-order chi connectivity index (χ0) is 13.0. The number of hydrogen-bond donors (Lipinski definition) is 1. The molecule has 0 saturated heterocycles. The van der Waals surface area contributed by atoms with Crippen LogP contribution in [0, 0.1) is 0 Å².